The van der Waals surface area contributed by atoms with Crippen LogP contribution in [-0.2, 0) is 0 Å². The molecule has 3 nitrogen and oxygen atoms in total. The maximum Gasteiger partial charge on any atom is 0.126 e. The van der Waals surface area contributed by atoms with E-state index in [-0.39, 0.29) is 30.4 Å². The molecule has 22 heavy (non-hydrogen) atoms. The summed E-state index contributed by atoms with van der Waals surface area (Å²) >= 11 is 0. The Bertz CT molecular complexity index is 721. The molecule has 0 amide bonds. The van der Waals surface area contributed by atoms with Gasteiger partial charge in [-0.25, -0.2) is 4.39 Å². The summed E-state index contributed by atoms with van der Waals surface area (Å²) in [6.45, 7) is 1.75. The summed E-state index contributed by atoms with van der Waals surface area (Å²) in [5.41, 5.74) is 3.41. The number of hydrogen-bond acceptors (Lipinski definition) is 3. The highest BCUT2D eigenvalue weighted by Crippen LogP contribution is 2.33. The van der Waals surface area contributed by atoms with E-state index < -0.39 is 0 Å². The van der Waals surface area contributed by atoms with Crippen LogP contribution in [0.2, 0.25) is 0 Å². The zero-order chi connectivity index (χ0) is 15.7. The van der Waals surface area contributed by atoms with Crippen molar-refractivity contribution >= 4 is 0 Å². The number of nitrogens with one attached hydrogen (secondary N) is 1. The molecule has 112 valence electrons. The molecule has 0 aromatic heterocycles. The number of aliphatic hydroxyl groups excluding tert-OH is 1. The van der Waals surface area contributed by atoms with E-state index in [1.54, 1.807) is 13.0 Å². The predicted octanol–water partition coefficient (Wildman–Crippen LogP) is 2.74. The molecule has 3 unspecified atom stereocenters. The van der Waals surface area contributed by atoms with Crippen molar-refractivity contribution < 1.29 is 9.50 Å². The number of halogens is 1. The van der Waals surface area contributed by atoms with Crippen molar-refractivity contribution in [3.8, 4) is 17.2 Å². The zero-order valence-electron chi connectivity index (χ0n) is 12.3. The van der Waals surface area contributed by atoms with E-state index in [0.717, 1.165) is 16.7 Å². The summed E-state index contributed by atoms with van der Waals surface area (Å²) in [4.78, 5) is 0. The lowest BCUT2D eigenvalue weighted by Gasteiger charge is -2.41. The maximum absolute atomic E-state index is 13.7. The fourth-order valence-electron chi connectivity index (χ4n) is 2.93. The molecular weight excluding hydrogens is 279 g/mol. The van der Waals surface area contributed by atoms with Gasteiger partial charge in [-0.15, -0.1) is 0 Å². The number of aliphatic hydroxyl groups is 1. The molecule has 1 fully saturated rings. The van der Waals surface area contributed by atoms with Crippen molar-refractivity contribution in [2.45, 2.75) is 24.9 Å². The van der Waals surface area contributed by atoms with Gasteiger partial charge in [-0.05, 0) is 35.2 Å². The monoisotopic (exact) mass is 296 g/mol. The van der Waals surface area contributed by atoms with Crippen molar-refractivity contribution in [3.05, 3.63) is 59.4 Å². The molecule has 1 heterocycles. The summed E-state index contributed by atoms with van der Waals surface area (Å²) in [7, 11) is 0. The fraction of sp³-hybridized carbons (Fsp3) is 0.278. The van der Waals surface area contributed by atoms with Crippen LogP contribution >= 0.6 is 0 Å². The standard InChI is InChI=1S/C18H17FN2O/c1-11-2-3-14(8-15(11)19)12-4-6-13(7-5-12)18-16(9-20)21-17(18)10-22/h2-8,16-18,21-22H,10H2,1H3. The fourth-order valence-corrected chi connectivity index (χ4v) is 2.93. The van der Waals surface area contributed by atoms with Crippen LogP contribution in [0, 0.1) is 24.1 Å². The minimum Gasteiger partial charge on any atom is -0.395 e. The van der Waals surface area contributed by atoms with Gasteiger partial charge in [0.15, 0.2) is 0 Å². The van der Waals surface area contributed by atoms with Crippen molar-refractivity contribution in [1.82, 2.24) is 5.32 Å². The Hall–Kier alpha value is -2.22. The Balaban J connectivity index is 1.86. The Morgan fingerprint density at radius 2 is 1.86 bits per heavy atom. The second-order valence-corrected chi connectivity index (χ2v) is 5.67. The number of rotatable bonds is 3. The molecule has 4 heteroatoms. The second-order valence-electron chi connectivity index (χ2n) is 5.67. The molecule has 2 N–H and O–H groups in total. The van der Waals surface area contributed by atoms with Crippen LogP contribution in [0.15, 0.2) is 42.5 Å². The lowest BCUT2D eigenvalue weighted by molar-refractivity contribution is 0.151. The first kappa shape index (κ1) is 14.7. The molecule has 1 aliphatic rings. The third-order valence-corrected chi connectivity index (χ3v) is 4.32. The molecule has 3 atom stereocenters. The topological polar surface area (TPSA) is 56.0 Å². The van der Waals surface area contributed by atoms with Gasteiger partial charge in [0.2, 0.25) is 0 Å². The number of aryl methyl sites for hydroxylation is 1. The summed E-state index contributed by atoms with van der Waals surface area (Å²) in [6.07, 6.45) is 0. The molecular formula is C18H17FN2O. The quantitative estimate of drug-likeness (QED) is 0.915. The van der Waals surface area contributed by atoms with Gasteiger partial charge in [-0.1, -0.05) is 36.4 Å². The summed E-state index contributed by atoms with van der Waals surface area (Å²) in [6, 6.07) is 14.8. The first-order valence-corrected chi connectivity index (χ1v) is 7.27. The third-order valence-electron chi connectivity index (χ3n) is 4.32. The van der Waals surface area contributed by atoms with E-state index in [0.29, 0.717) is 5.56 Å². The Labute approximate surface area is 129 Å². The zero-order valence-corrected chi connectivity index (χ0v) is 12.3. The van der Waals surface area contributed by atoms with Crippen LogP contribution in [0.5, 0.6) is 0 Å². The molecule has 3 rings (SSSR count). The van der Waals surface area contributed by atoms with Gasteiger partial charge in [0, 0.05) is 12.0 Å². The van der Waals surface area contributed by atoms with Crippen molar-refractivity contribution in [3.63, 3.8) is 0 Å². The van der Waals surface area contributed by atoms with Gasteiger partial charge < -0.3 is 5.11 Å². The van der Waals surface area contributed by atoms with Crippen LogP contribution < -0.4 is 5.32 Å². The van der Waals surface area contributed by atoms with Crippen LogP contribution in [0.1, 0.15) is 17.0 Å². The van der Waals surface area contributed by atoms with Crippen LogP contribution in [0.25, 0.3) is 11.1 Å². The SMILES string of the molecule is Cc1ccc(-c2ccc(C3C(C#N)NC3CO)cc2)cc1F. The highest BCUT2D eigenvalue weighted by Gasteiger charge is 2.41. The summed E-state index contributed by atoms with van der Waals surface area (Å²) in [5, 5.41) is 21.4. The summed E-state index contributed by atoms with van der Waals surface area (Å²) in [5.74, 6) is -0.214. The normalized spacial score (nSPS) is 23.6. The van der Waals surface area contributed by atoms with Gasteiger partial charge in [-0.3, -0.25) is 5.32 Å². The third kappa shape index (κ3) is 2.50. The van der Waals surface area contributed by atoms with Crippen molar-refractivity contribution in [1.29, 1.82) is 5.26 Å². The van der Waals surface area contributed by atoms with Gasteiger partial charge in [0.05, 0.1) is 12.7 Å². The second kappa shape index (κ2) is 5.88. The van der Waals surface area contributed by atoms with Gasteiger partial charge in [-0.2, -0.15) is 5.26 Å². The summed E-state index contributed by atoms with van der Waals surface area (Å²) < 4.78 is 13.7. The van der Waals surface area contributed by atoms with Crippen molar-refractivity contribution in [2.24, 2.45) is 0 Å². The minimum absolute atomic E-state index is 0.00111. The van der Waals surface area contributed by atoms with E-state index in [9.17, 15) is 9.50 Å². The maximum atomic E-state index is 13.7. The van der Waals surface area contributed by atoms with E-state index >= 15 is 0 Å². The molecule has 0 spiro atoms. The Morgan fingerprint density at radius 1 is 1.18 bits per heavy atom. The van der Waals surface area contributed by atoms with Gasteiger partial charge in [0.25, 0.3) is 0 Å². The van der Waals surface area contributed by atoms with E-state index in [2.05, 4.69) is 11.4 Å². The molecule has 0 radical (unpaired) electrons. The molecule has 0 saturated carbocycles. The minimum atomic E-state index is -0.264. The molecule has 0 aliphatic carbocycles. The highest BCUT2D eigenvalue weighted by molar-refractivity contribution is 5.64. The van der Waals surface area contributed by atoms with Gasteiger partial charge in [0.1, 0.15) is 11.9 Å². The van der Waals surface area contributed by atoms with Crippen molar-refractivity contribution in [2.75, 3.05) is 6.61 Å². The number of hydrogen-bond donors (Lipinski definition) is 2. The van der Waals surface area contributed by atoms with E-state index in [1.165, 1.54) is 6.07 Å². The number of benzene rings is 2. The van der Waals surface area contributed by atoms with Crippen LogP contribution in [0.4, 0.5) is 4.39 Å². The smallest absolute Gasteiger partial charge is 0.126 e. The number of nitrogens with zero attached hydrogens (tertiary/aromatic N) is 1. The largest absolute Gasteiger partial charge is 0.395 e. The van der Waals surface area contributed by atoms with Crippen LogP contribution in [-0.4, -0.2) is 23.8 Å². The lowest BCUT2D eigenvalue weighted by Crippen LogP contribution is -2.60. The Kier molecular flexibility index (Phi) is 3.93. The molecule has 2 aromatic carbocycles. The Morgan fingerprint density at radius 3 is 2.45 bits per heavy atom. The van der Waals surface area contributed by atoms with E-state index in [1.807, 2.05) is 30.3 Å². The molecule has 1 aliphatic heterocycles. The number of nitriles is 1. The molecule has 0 bridgehead atoms. The molecule has 1 saturated heterocycles. The first-order valence-electron chi connectivity index (χ1n) is 7.27. The van der Waals surface area contributed by atoms with Crippen LogP contribution in [0.3, 0.4) is 0 Å². The molecule has 2 aromatic rings. The predicted molar refractivity (Wildman–Crippen MR) is 82.7 cm³/mol. The lowest BCUT2D eigenvalue weighted by atomic mass is 9.78. The van der Waals surface area contributed by atoms with E-state index in [4.69, 9.17) is 5.26 Å². The first-order chi connectivity index (χ1) is 10.6. The average molecular weight is 296 g/mol. The average Bonchev–Trinajstić information content (AvgIpc) is 2.51. The van der Waals surface area contributed by atoms with Gasteiger partial charge >= 0.3 is 0 Å². The highest BCUT2D eigenvalue weighted by atomic mass is 19.1.